The monoisotopic (exact) mass is 349 g/mol. The van der Waals surface area contributed by atoms with Crippen LogP contribution in [-0.2, 0) is 5.60 Å². The number of nitrogens with zero attached hydrogens (tertiary/aromatic N) is 3. The summed E-state index contributed by atoms with van der Waals surface area (Å²) in [7, 11) is 2.22. The lowest BCUT2D eigenvalue weighted by Crippen LogP contribution is -2.56. The first-order chi connectivity index (χ1) is 12.5. The van der Waals surface area contributed by atoms with Crippen LogP contribution >= 0.6 is 0 Å². The molecule has 4 unspecified atom stereocenters. The van der Waals surface area contributed by atoms with Crippen molar-refractivity contribution < 1.29 is 5.11 Å². The predicted molar refractivity (Wildman–Crippen MR) is 103 cm³/mol. The molecular weight excluding hydrogens is 322 g/mol. The highest BCUT2D eigenvalue weighted by atomic mass is 16.3. The Bertz CT molecular complexity index is 823. The second-order valence-electron chi connectivity index (χ2n) is 8.57. The number of aliphatic hydroxyl groups is 1. The van der Waals surface area contributed by atoms with Crippen molar-refractivity contribution in [1.29, 1.82) is 0 Å². The number of piperidine rings is 1. The number of aryl methyl sites for hydroxylation is 1. The second kappa shape index (κ2) is 5.80. The van der Waals surface area contributed by atoms with Crippen molar-refractivity contribution in [3.8, 4) is 0 Å². The summed E-state index contributed by atoms with van der Waals surface area (Å²) in [4.78, 5) is 9.11. The van der Waals surface area contributed by atoms with Gasteiger partial charge in [0.15, 0.2) is 0 Å². The summed E-state index contributed by atoms with van der Waals surface area (Å²) in [6.45, 7) is 5.05. The van der Waals surface area contributed by atoms with E-state index in [1.807, 2.05) is 12.1 Å². The predicted octanol–water partition coefficient (Wildman–Crippen LogP) is 2.91. The van der Waals surface area contributed by atoms with E-state index in [9.17, 15) is 5.11 Å². The van der Waals surface area contributed by atoms with Crippen molar-refractivity contribution in [2.45, 2.75) is 37.3 Å². The van der Waals surface area contributed by atoms with E-state index >= 15 is 0 Å². The summed E-state index contributed by atoms with van der Waals surface area (Å²) >= 11 is 0. The number of rotatable bonds is 1. The fourth-order valence-electron chi connectivity index (χ4n) is 5.69. The Labute approximate surface area is 155 Å². The maximum atomic E-state index is 11.7. The van der Waals surface area contributed by atoms with Crippen LogP contribution in [0.15, 0.2) is 42.7 Å². The molecule has 4 nitrogen and oxygen atoms in total. The fraction of sp³-hybridized carbons (Fsp3) is 0.500. The lowest BCUT2D eigenvalue weighted by atomic mass is 9.74. The van der Waals surface area contributed by atoms with E-state index in [2.05, 4.69) is 47.0 Å². The van der Waals surface area contributed by atoms with Crippen LogP contribution in [0.25, 0.3) is 0 Å². The zero-order valence-corrected chi connectivity index (χ0v) is 15.6. The minimum Gasteiger partial charge on any atom is -0.383 e. The summed E-state index contributed by atoms with van der Waals surface area (Å²) in [6, 6.07) is 11.3. The number of aromatic nitrogens is 1. The van der Waals surface area contributed by atoms with Crippen molar-refractivity contribution in [1.82, 2.24) is 9.88 Å². The maximum Gasteiger partial charge on any atom is 0.108 e. The number of fused-ring (bicyclic) bond motifs is 3. The van der Waals surface area contributed by atoms with Crippen molar-refractivity contribution in [2.75, 3.05) is 31.6 Å². The minimum atomic E-state index is -0.813. The van der Waals surface area contributed by atoms with Crippen LogP contribution in [0.3, 0.4) is 0 Å². The molecule has 0 bridgehead atoms. The first kappa shape index (κ1) is 16.3. The van der Waals surface area contributed by atoms with Gasteiger partial charge in [0.05, 0.1) is 6.54 Å². The molecule has 0 amide bonds. The van der Waals surface area contributed by atoms with E-state index in [1.54, 1.807) is 12.4 Å². The van der Waals surface area contributed by atoms with Crippen LogP contribution in [0, 0.1) is 12.8 Å². The van der Waals surface area contributed by atoms with Crippen LogP contribution in [0.1, 0.15) is 35.4 Å². The Balaban J connectivity index is 1.62. The highest BCUT2D eigenvalue weighted by Gasteiger charge is 2.52. The molecule has 2 saturated heterocycles. The Morgan fingerprint density at radius 3 is 2.81 bits per heavy atom. The average molecular weight is 349 g/mol. The molecule has 1 aromatic carbocycles. The van der Waals surface area contributed by atoms with E-state index in [1.165, 1.54) is 23.2 Å². The van der Waals surface area contributed by atoms with Gasteiger partial charge in [-0.15, -0.1) is 0 Å². The zero-order chi connectivity index (χ0) is 17.9. The van der Waals surface area contributed by atoms with Gasteiger partial charge in [-0.25, -0.2) is 0 Å². The smallest absolute Gasteiger partial charge is 0.108 e. The highest BCUT2D eigenvalue weighted by Crippen LogP contribution is 2.53. The molecule has 4 atom stereocenters. The van der Waals surface area contributed by atoms with Crippen molar-refractivity contribution in [2.24, 2.45) is 5.92 Å². The Morgan fingerprint density at radius 2 is 2.00 bits per heavy atom. The Kier molecular flexibility index (Phi) is 3.63. The molecule has 0 saturated carbocycles. The van der Waals surface area contributed by atoms with Crippen LogP contribution in [0.4, 0.5) is 5.69 Å². The highest BCUT2D eigenvalue weighted by molar-refractivity contribution is 5.64. The summed E-state index contributed by atoms with van der Waals surface area (Å²) < 4.78 is 0. The molecule has 0 radical (unpaired) electrons. The van der Waals surface area contributed by atoms with E-state index in [-0.39, 0.29) is 0 Å². The summed E-state index contributed by atoms with van der Waals surface area (Å²) in [5.41, 5.74) is 4.35. The third-order valence-corrected chi connectivity index (χ3v) is 6.76. The molecule has 136 valence electrons. The normalized spacial score (nSPS) is 33.5. The lowest BCUT2D eigenvalue weighted by Gasteiger charge is -2.48. The maximum absolute atomic E-state index is 11.7. The molecule has 3 aliphatic heterocycles. The molecular formula is C22H27N3O. The van der Waals surface area contributed by atoms with Crippen molar-refractivity contribution in [3.05, 3.63) is 59.4 Å². The zero-order valence-electron chi connectivity index (χ0n) is 15.6. The Hall–Kier alpha value is -1.91. The largest absolute Gasteiger partial charge is 0.383 e. The fourth-order valence-corrected chi connectivity index (χ4v) is 5.69. The number of hydrogen-bond acceptors (Lipinski definition) is 4. The van der Waals surface area contributed by atoms with E-state index < -0.39 is 5.60 Å². The molecule has 3 aliphatic rings. The van der Waals surface area contributed by atoms with Gasteiger partial charge in [-0.2, -0.15) is 0 Å². The van der Waals surface area contributed by atoms with Crippen LogP contribution in [0.2, 0.25) is 0 Å². The topological polar surface area (TPSA) is 39.6 Å². The first-order valence-corrected chi connectivity index (χ1v) is 9.74. The lowest BCUT2D eigenvalue weighted by molar-refractivity contribution is -0.0118. The van der Waals surface area contributed by atoms with Crippen LogP contribution in [0.5, 0.6) is 0 Å². The molecule has 26 heavy (non-hydrogen) atoms. The standard InChI is InChI=1S/C22H27N3O/c1-15-3-4-20-19(11-15)18-7-10-24(2)13-16-12-22(26,14-25(20)21(16)18)17-5-8-23-9-6-17/h3-6,8-9,11,16,18,21,26H,7,10,12-14H2,1-2H3. The van der Waals surface area contributed by atoms with Gasteiger partial charge in [0.25, 0.3) is 0 Å². The molecule has 0 aliphatic carbocycles. The third-order valence-electron chi connectivity index (χ3n) is 6.76. The second-order valence-corrected chi connectivity index (χ2v) is 8.57. The third kappa shape index (κ3) is 2.39. The molecule has 4 heterocycles. The molecule has 1 aromatic heterocycles. The molecule has 5 rings (SSSR count). The molecule has 1 N–H and O–H groups in total. The van der Waals surface area contributed by atoms with Gasteiger partial charge in [-0.05, 0) is 68.6 Å². The number of pyridine rings is 1. The van der Waals surface area contributed by atoms with E-state index in [0.717, 1.165) is 25.1 Å². The van der Waals surface area contributed by atoms with Crippen molar-refractivity contribution in [3.63, 3.8) is 0 Å². The quantitative estimate of drug-likeness (QED) is 0.859. The van der Waals surface area contributed by atoms with E-state index in [0.29, 0.717) is 24.4 Å². The summed E-state index contributed by atoms with van der Waals surface area (Å²) in [5.74, 6) is 1.05. The van der Waals surface area contributed by atoms with Gasteiger partial charge in [0.1, 0.15) is 5.60 Å². The van der Waals surface area contributed by atoms with Crippen LogP contribution < -0.4 is 4.90 Å². The molecule has 0 spiro atoms. The van der Waals surface area contributed by atoms with Crippen LogP contribution in [-0.4, -0.2) is 47.7 Å². The first-order valence-electron chi connectivity index (χ1n) is 9.74. The van der Waals surface area contributed by atoms with Gasteiger partial charge in [0, 0.05) is 36.6 Å². The SMILES string of the molecule is Cc1ccc2c(c1)C1CCN(C)CC3CC(O)(c4ccncc4)CN2C31. The molecule has 2 fully saturated rings. The van der Waals surface area contributed by atoms with E-state index in [4.69, 9.17) is 0 Å². The molecule has 2 aromatic rings. The van der Waals surface area contributed by atoms with Crippen molar-refractivity contribution >= 4 is 5.69 Å². The Morgan fingerprint density at radius 1 is 1.19 bits per heavy atom. The van der Waals surface area contributed by atoms with Gasteiger partial charge < -0.3 is 14.9 Å². The number of anilines is 1. The average Bonchev–Trinajstić information content (AvgIpc) is 2.82. The number of benzene rings is 1. The molecule has 4 heteroatoms. The number of likely N-dealkylation sites (tertiary alicyclic amines) is 1. The summed E-state index contributed by atoms with van der Waals surface area (Å²) in [5, 5.41) is 11.7. The van der Waals surface area contributed by atoms with Gasteiger partial charge in [0.2, 0.25) is 0 Å². The van der Waals surface area contributed by atoms with Gasteiger partial charge >= 0.3 is 0 Å². The van der Waals surface area contributed by atoms with Gasteiger partial charge in [-0.3, -0.25) is 4.98 Å². The summed E-state index contributed by atoms with van der Waals surface area (Å²) in [6.07, 6.45) is 5.62. The minimum absolute atomic E-state index is 0.465. The van der Waals surface area contributed by atoms with Gasteiger partial charge in [-0.1, -0.05) is 17.7 Å². The number of hydrogen-bond donors (Lipinski definition) is 1.